The molecule has 0 unspecified atom stereocenters. The van der Waals surface area contributed by atoms with Crippen LogP contribution in [0.4, 0.5) is 17.1 Å². The van der Waals surface area contributed by atoms with Gasteiger partial charge in [-0.05, 0) is 117 Å². The molecule has 8 aromatic carbocycles. The molecule has 11 rings (SSSR count). The van der Waals surface area contributed by atoms with Crippen LogP contribution in [0.1, 0.15) is 36.8 Å². The molecule has 0 radical (unpaired) electrons. The quantitative estimate of drug-likeness (QED) is 0.162. The lowest BCUT2D eigenvalue weighted by atomic mass is 9.93. The number of nitrogens with zero attached hydrogens (tertiary/aromatic N) is 1. The van der Waals surface area contributed by atoms with Gasteiger partial charge in [0.1, 0.15) is 11.2 Å². The third-order valence-electron chi connectivity index (χ3n) is 11.9. The average molecular weight is 744 g/mol. The molecule has 2 aliphatic carbocycles. The first-order chi connectivity index (χ1) is 28.8. The second-order valence-corrected chi connectivity index (χ2v) is 15.4. The molecule has 0 saturated heterocycles. The second-order valence-electron chi connectivity index (χ2n) is 15.4. The maximum absolute atomic E-state index is 6.86. The van der Waals surface area contributed by atoms with Crippen LogP contribution >= 0.6 is 0 Å². The summed E-state index contributed by atoms with van der Waals surface area (Å²) in [5, 5.41) is 6.91. The fraction of sp³-hybridized carbons (Fsp3) is 0.0714. The molecule has 0 amide bonds. The predicted molar refractivity (Wildman–Crippen MR) is 247 cm³/mol. The number of hydrogen-bond acceptors (Lipinski definition) is 2. The molecule has 58 heavy (non-hydrogen) atoms. The third-order valence-corrected chi connectivity index (χ3v) is 11.9. The van der Waals surface area contributed by atoms with E-state index in [1.54, 1.807) is 0 Å². The number of fused-ring (bicyclic) bond motifs is 6. The predicted octanol–water partition coefficient (Wildman–Crippen LogP) is 16.2. The highest BCUT2D eigenvalue weighted by Gasteiger charge is 2.23. The highest BCUT2D eigenvalue weighted by atomic mass is 16.3. The molecule has 0 N–H and O–H groups in total. The monoisotopic (exact) mass is 743 g/mol. The van der Waals surface area contributed by atoms with Gasteiger partial charge in [0.25, 0.3) is 0 Å². The van der Waals surface area contributed by atoms with Crippen LogP contribution in [0.5, 0.6) is 0 Å². The second kappa shape index (κ2) is 14.4. The van der Waals surface area contributed by atoms with Crippen LogP contribution in [0.15, 0.2) is 205 Å². The Hall–Kier alpha value is -7.16. The van der Waals surface area contributed by atoms with E-state index in [0.717, 1.165) is 75.5 Å². The number of benzene rings is 8. The standard InChI is InChI=1S/C56H41NO/c1-3-14-38(15-4-1)40-28-30-41(31-29-40)42-32-34-45(35-33-42)57(46-21-11-20-44(36-46)39-16-5-2-6-17-39)53-37-52-55-50(48-25-12-19-43-18-7-8-22-47(43)48)26-13-27-54(55)58-56(52)51-24-10-9-23-49(51)53/h3,5,7-37H,1-2,4,6H2. The fourth-order valence-corrected chi connectivity index (χ4v) is 9.06. The molecule has 0 bridgehead atoms. The summed E-state index contributed by atoms with van der Waals surface area (Å²) in [7, 11) is 0. The number of hydrogen-bond donors (Lipinski definition) is 0. The van der Waals surface area contributed by atoms with Crippen LogP contribution < -0.4 is 4.90 Å². The number of allylic oxidation sites excluding steroid dienone is 8. The van der Waals surface area contributed by atoms with Gasteiger partial charge >= 0.3 is 0 Å². The van der Waals surface area contributed by atoms with E-state index >= 15 is 0 Å². The van der Waals surface area contributed by atoms with Gasteiger partial charge in [0, 0.05) is 32.9 Å². The van der Waals surface area contributed by atoms with E-state index < -0.39 is 0 Å². The van der Waals surface area contributed by atoms with E-state index in [0.29, 0.717) is 0 Å². The van der Waals surface area contributed by atoms with E-state index in [-0.39, 0.29) is 0 Å². The summed E-state index contributed by atoms with van der Waals surface area (Å²) in [6, 6.07) is 59.9. The molecule has 1 aromatic heterocycles. The van der Waals surface area contributed by atoms with Gasteiger partial charge in [-0.2, -0.15) is 0 Å². The van der Waals surface area contributed by atoms with E-state index in [4.69, 9.17) is 4.42 Å². The summed E-state index contributed by atoms with van der Waals surface area (Å²) in [4.78, 5) is 2.44. The van der Waals surface area contributed by atoms with Gasteiger partial charge in [0.15, 0.2) is 0 Å². The van der Waals surface area contributed by atoms with Crippen molar-refractivity contribution in [3.8, 4) is 22.3 Å². The Morgan fingerprint density at radius 2 is 1.03 bits per heavy atom. The van der Waals surface area contributed by atoms with Crippen molar-refractivity contribution in [2.75, 3.05) is 4.90 Å². The van der Waals surface area contributed by atoms with Crippen LogP contribution in [0.3, 0.4) is 0 Å². The SMILES string of the molecule is C1=CC(c2ccc(-c3ccc(N(c4cccc(C5=CCCC=C5)c4)c4cc5c(oc6cccc(-c7cccc8ccccc78)c65)c5ccccc45)cc3)cc2)=CCC1. The van der Waals surface area contributed by atoms with Gasteiger partial charge < -0.3 is 9.32 Å². The highest BCUT2D eigenvalue weighted by Crippen LogP contribution is 2.47. The fourth-order valence-electron chi connectivity index (χ4n) is 9.06. The molecule has 2 nitrogen and oxygen atoms in total. The van der Waals surface area contributed by atoms with Crippen molar-refractivity contribution in [3.63, 3.8) is 0 Å². The van der Waals surface area contributed by atoms with Crippen molar-refractivity contribution in [2.45, 2.75) is 25.7 Å². The van der Waals surface area contributed by atoms with E-state index in [9.17, 15) is 0 Å². The Kier molecular flexibility index (Phi) is 8.47. The summed E-state index contributed by atoms with van der Waals surface area (Å²) >= 11 is 0. The Morgan fingerprint density at radius 1 is 0.414 bits per heavy atom. The largest absolute Gasteiger partial charge is 0.455 e. The molecule has 9 aromatic rings. The molecule has 0 spiro atoms. The number of furan rings is 1. The molecule has 0 fully saturated rings. The zero-order chi connectivity index (χ0) is 38.4. The highest BCUT2D eigenvalue weighted by molar-refractivity contribution is 6.23. The van der Waals surface area contributed by atoms with Crippen LogP contribution in [0, 0.1) is 0 Å². The average Bonchev–Trinajstić information content (AvgIpc) is 3.69. The molecule has 0 aliphatic heterocycles. The summed E-state index contributed by atoms with van der Waals surface area (Å²) < 4.78 is 6.86. The smallest absolute Gasteiger partial charge is 0.143 e. The van der Waals surface area contributed by atoms with Gasteiger partial charge in [0.2, 0.25) is 0 Å². The zero-order valence-corrected chi connectivity index (χ0v) is 32.2. The lowest BCUT2D eigenvalue weighted by Gasteiger charge is -2.28. The third kappa shape index (κ3) is 5.97. The summed E-state index contributed by atoms with van der Waals surface area (Å²) in [5.41, 5.74) is 14.9. The molecular weight excluding hydrogens is 703 g/mol. The summed E-state index contributed by atoms with van der Waals surface area (Å²) in [6.45, 7) is 0. The van der Waals surface area contributed by atoms with E-state index in [1.807, 2.05) is 0 Å². The van der Waals surface area contributed by atoms with Crippen molar-refractivity contribution in [2.24, 2.45) is 0 Å². The first kappa shape index (κ1) is 34.1. The Morgan fingerprint density at radius 3 is 1.79 bits per heavy atom. The molecule has 2 aliphatic rings. The minimum atomic E-state index is 0.887. The lowest BCUT2D eigenvalue weighted by Crippen LogP contribution is -2.11. The molecule has 0 saturated carbocycles. The lowest BCUT2D eigenvalue weighted by molar-refractivity contribution is 0.673. The van der Waals surface area contributed by atoms with Gasteiger partial charge in [-0.25, -0.2) is 0 Å². The van der Waals surface area contributed by atoms with Crippen LogP contribution in [0.25, 0.3) is 76.9 Å². The molecule has 0 atom stereocenters. The number of rotatable bonds is 7. The van der Waals surface area contributed by atoms with E-state index in [1.165, 1.54) is 55.3 Å². The van der Waals surface area contributed by atoms with Crippen LogP contribution in [-0.2, 0) is 0 Å². The molecular formula is C56H41NO. The van der Waals surface area contributed by atoms with Crippen molar-refractivity contribution in [3.05, 3.63) is 211 Å². The van der Waals surface area contributed by atoms with Crippen molar-refractivity contribution in [1.29, 1.82) is 0 Å². The minimum absolute atomic E-state index is 0.887. The molecule has 276 valence electrons. The first-order valence-electron chi connectivity index (χ1n) is 20.5. The normalized spacial score (nSPS) is 14.0. The van der Waals surface area contributed by atoms with Crippen molar-refractivity contribution < 1.29 is 4.42 Å². The van der Waals surface area contributed by atoms with Gasteiger partial charge in [0.05, 0.1) is 5.69 Å². The minimum Gasteiger partial charge on any atom is -0.455 e. The van der Waals surface area contributed by atoms with Crippen molar-refractivity contribution in [1.82, 2.24) is 0 Å². The van der Waals surface area contributed by atoms with Crippen LogP contribution in [0.2, 0.25) is 0 Å². The van der Waals surface area contributed by atoms with Crippen molar-refractivity contribution >= 4 is 71.7 Å². The van der Waals surface area contributed by atoms with E-state index in [2.05, 4.69) is 205 Å². The first-order valence-corrected chi connectivity index (χ1v) is 20.5. The summed E-state index contributed by atoms with van der Waals surface area (Å²) in [5.74, 6) is 0. The maximum atomic E-state index is 6.86. The number of anilines is 3. The molecule has 1 heterocycles. The Balaban J connectivity index is 1.11. The topological polar surface area (TPSA) is 16.4 Å². The van der Waals surface area contributed by atoms with Gasteiger partial charge in [-0.1, -0.05) is 164 Å². The van der Waals surface area contributed by atoms with Crippen LogP contribution in [-0.4, -0.2) is 0 Å². The Labute approximate surface area is 339 Å². The van der Waals surface area contributed by atoms with Gasteiger partial charge in [-0.3, -0.25) is 0 Å². The molecule has 2 heteroatoms. The summed E-state index contributed by atoms with van der Waals surface area (Å²) in [6.07, 6.45) is 18.1. The zero-order valence-electron chi connectivity index (χ0n) is 32.2. The van der Waals surface area contributed by atoms with Gasteiger partial charge in [-0.15, -0.1) is 0 Å². The Bertz CT molecular complexity index is 3150. The maximum Gasteiger partial charge on any atom is 0.143 e.